The minimum Gasteiger partial charge on any atom is -0.394 e. The van der Waals surface area contributed by atoms with Crippen LogP contribution in [0.5, 0.6) is 0 Å². The number of fused-ring (bicyclic) bond motifs is 1. The van der Waals surface area contributed by atoms with E-state index in [-0.39, 0.29) is 24.1 Å². The van der Waals surface area contributed by atoms with Crippen LogP contribution >= 0.6 is 23.5 Å². The van der Waals surface area contributed by atoms with Crippen LogP contribution in [0.3, 0.4) is 0 Å². The van der Waals surface area contributed by atoms with Crippen LogP contribution in [0.25, 0.3) is 5.65 Å². The lowest BCUT2D eigenvalue weighted by Gasteiger charge is -2.44. The van der Waals surface area contributed by atoms with E-state index >= 15 is 0 Å². The lowest BCUT2D eigenvalue weighted by Crippen LogP contribution is -2.64. The van der Waals surface area contributed by atoms with Crippen LogP contribution in [0.2, 0.25) is 5.02 Å². The van der Waals surface area contributed by atoms with Crippen LogP contribution in [0.1, 0.15) is 60.8 Å². The normalized spacial score (nSPS) is 18.6. The predicted octanol–water partition coefficient (Wildman–Crippen LogP) is 4.30. The van der Waals surface area contributed by atoms with Gasteiger partial charge in [-0.2, -0.15) is 5.10 Å². The molecule has 0 aliphatic carbocycles. The summed E-state index contributed by atoms with van der Waals surface area (Å²) in [7, 11) is 0. The van der Waals surface area contributed by atoms with Gasteiger partial charge in [-0.15, -0.1) is 0 Å². The van der Waals surface area contributed by atoms with E-state index in [4.69, 9.17) is 21.7 Å². The molecule has 1 atom stereocenters. The first-order valence-electron chi connectivity index (χ1n) is 13.1. The molecule has 0 spiro atoms. The van der Waals surface area contributed by atoms with Crippen molar-refractivity contribution in [1.29, 1.82) is 0 Å². The number of aliphatic hydroxyl groups excluding tert-OH is 1. The molecule has 1 aromatic carbocycles. The van der Waals surface area contributed by atoms with E-state index in [1.54, 1.807) is 12.1 Å². The molecule has 4 heterocycles. The number of hydrogen-bond acceptors (Lipinski definition) is 8. The highest BCUT2D eigenvalue weighted by Gasteiger charge is 2.34. The van der Waals surface area contributed by atoms with Gasteiger partial charge in [0.15, 0.2) is 5.65 Å². The maximum absolute atomic E-state index is 13.8. The van der Waals surface area contributed by atoms with Crippen LogP contribution in [0.15, 0.2) is 30.5 Å². The Hall–Kier alpha value is -2.53. The summed E-state index contributed by atoms with van der Waals surface area (Å²) in [4.78, 5) is 22.9. The summed E-state index contributed by atoms with van der Waals surface area (Å²) in [5.41, 5.74) is 3.72. The number of piperidine rings is 1. The maximum Gasteiger partial charge on any atom is 0.256 e. The number of carbonyl (C=O) groups excluding carboxylic acids is 1. The third-order valence-corrected chi connectivity index (χ3v) is 7.98. The topological polar surface area (TPSA) is 98.0 Å². The summed E-state index contributed by atoms with van der Waals surface area (Å²) in [6, 6.07) is 7.59. The Morgan fingerprint density at radius 1 is 1.26 bits per heavy atom. The van der Waals surface area contributed by atoms with Crippen molar-refractivity contribution in [3.63, 3.8) is 0 Å². The van der Waals surface area contributed by atoms with Crippen LogP contribution < -0.4 is 14.9 Å². The second-order valence-electron chi connectivity index (χ2n) is 10.9. The molecular weight excluding hydrogens is 522 g/mol. The van der Waals surface area contributed by atoms with Gasteiger partial charge >= 0.3 is 0 Å². The maximum atomic E-state index is 13.8. The zero-order valence-electron chi connectivity index (χ0n) is 22.4. The summed E-state index contributed by atoms with van der Waals surface area (Å²) in [6.07, 6.45) is 6.80. The smallest absolute Gasteiger partial charge is 0.256 e. The van der Waals surface area contributed by atoms with Gasteiger partial charge in [-0.25, -0.2) is 9.50 Å². The molecule has 0 saturated carbocycles. The Balaban J connectivity index is 1.38. The van der Waals surface area contributed by atoms with Gasteiger partial charge in [0, 0.05) is 60.3 Å². The number of hydrogen-bond donors (Lipinski definition) is 3. The number of aromatic nitrogens is 3. The van der Waals surface area contributed by atoms with E-state index in [2.05, 4.69) is 21.9 Å². The summed E-state index contributed by atoms with van der Waals surface area (Å²) in [6.45, 7) is 8.51. The average molecular weight is 558 g/mol. The fraction of sp³-hybridized carbons (Fsp3) is 0.519. The van der Waals surface area contributed by atoms with E-state index in [9.17, 15) is 9.90 Å². The Morgan fingerprint density at radius 2 is 2.05 bits per heavy atom. The first-order chi connectivity index (χ1) is 18.2. The largest absolute Gasteiger partial charge is 0.394 e. The van der Waals surface area contributed by atoms with Crippen molar-refractivity contribution in [2.75, 3.05) is 42.1 Å². The van der Waals surface area contributed by atoms with Crippen molar-refractivity contribution in [3.05, 3.63) is 52.3 Å². The molecular formula is C27H36ClN7O2S. The Kier molecular flexibility index (Phi) is 7.77. The Bertz CT molecular complexity index is 1320. The summed E-state index contributed by atoms with van der Waals surface area (Å²) in [5, 5.41) is 18.5. The second kappa shape index (κ2) is 10.9. The number of amides is 1. The molecule has 3 aromatic rings. The van der Waals surface area contributed by atoms with E-state index in [1.165, 1.54) is 11.9 Å². The fourth-order valence-corrected chi connectivity index (χ4v) is 5.94. The number of halogens is 1. The number of anilines is 2. The minimum atomic E-state index is -0.301. The molecule has 2 saturated heterocycles. The van der Waals surface area contributed by atoms with Gasteiger partial charge in [0.1, 0.15) is 5.82 Å². The van der Waals surface area contributed by atoms with Crippen LogP contribution in [-0.2, 0) is 0 Å². The van der Waals surface area contributed by atoms with Crippen molar-refractivity contribution < 1.29 is 9.90 Å². The molecule has 204 valence electrons. The number of nitrogens with one attached hydrogen (secondary N) is 2. The zero-order valence-corrected chi connectivity index (χ0v) is 23.9. The lowest BCUT2D eigenvalue weighted by atomic mass is 9.98. The van der Waals surface area contributed by atoms with E-state index in [0.717, 1.165) is 60.8 Å². The van der Waals surface area contributed by atoms with Crippen molar-refractivity contribution in [2.45, 2.75) is 57.7 Å². The van der Waals surface area contributed by atoms with Gasteiger partial charge in [0.05, 0.1) is 29.6 Å². The molecule has 3 N–H and O–H groups in total. The van der Waals surface area contributed by atoms with Gasteiger partial charge in [0.25, 0.3) is 5.91 Å². The number of benzene rings is 1. The Labute approximate surface area is 233 Å². The number of rotatable bonds is 8. The van der Waals surface area contributed by atoms with Crippen LogP contribution in [0.4, 0.5) is 11.5 Å². The monoisotopic (exact) mass is 557 g/mol. The highest BCUT2D eigenvalue weighted by molar-refractivity contribution is 7.99. The molecule has 5 rings (SSSR count). The van der Waals surface area contributed by atoms with Gasteiger partial charge in [-0.3, -0.25) is 4.79 Å². The molecule has 38 heavy (non-hydrogen) atoms. The minimum absolute atomic E-state index is 0.0411. The van der Waals surface area contributed by atoms with Gasteiger partial charge in [-0.1, -0.05) is 23.5 Å². The average Bonchev–Trinajstić information content (AvgIpc) is 3.29. The molecule has 2 aromatic heterocycles. The molecule has 9 nitrogen and oxygen atoms in total. The molecule has 2 aliphatic heterocycles. The Morgan fingerprint density at radius 3 is 2.79 bits per heavy atom. The zero-order chi connectivity index (χ0) is 27.0. The van der Waals surface area contributed by atoms with Crippen molar-refractivity contribution in [1.82, 2.24) is 24.8 Å². The number of aryl methyl sites for hydroxylation is 1. The van der Waals surface area contributed by atoms with Crippen molar-refractivity contribution in [3.8, 4) is 0 Å². The molecule has 2 aliphatic rings. The highest BCUT2D eigenvalue weighted by Crippen LogP contribution is 2.35. The fourth-order valence-electron chi connectivity index (χ4n) is 5.37. The van der Waals surface area contributed by atoms with Crippen molar-refractivity contribution >= 4 is 46.6 Å². The highest BCUT2D eigenvalue weighted by atomic mass is 35.5. The summed E-state index contributed by atoms with van der Waals surface area (Å²) < 4.78 is 5.04. The summed E-state index contributed by atoms with van der Waals surface area (Å²) in [5.74, 6) is 0.910. The van der Waals surface area contributed by atoms with Gasteiger partial charge < -0.3 is 24.9 Å². The van der Waals surface area contributed by atoms with E-state index < -0.39 is 0 Å². The van der Waals surface area contributed by atoms with Gasteiger partial charge in [0.2, 0.25) is 0 Å². The van der Waals surface area contributed by atoms with Crippen molar-refractivity contribution in [2.24, 2.45) is 0 Å². The van der Waals surface area contributed by atoms with E-state index in [1.807, 2.05) is 47.8 Å². The quantitative estimate of drug-likeness (QED) is 0.353. The first-order valence-corrected chi connectivity index (χ1v) is 14.7. The SMILES string of the molecule is CSNc1ccc(Cl)cc1C(=O)N1CCCCC1c1cc2nc(N3CC(NC(C)(C)CO)C3)c(C)cn2n1. The molecule has 1 amide bonds. The number of carbonyl (C=O) groups is 1. The third kappa shape index (κ3) is 5.45. The van der Waals surface area contributed by atoms with E-state index in [0.29, 0.717) is 23.2 Å². The number of nitrogens with zero attached hydrogens (tertiary/aromatic N) is 5. The number of likely N-dealkylation sites (tertiary alicyclic amines) is 1. The number of aliphatic hydroxyl groups is 1. The lowest BCUT2D eigenvalue weighted by molar-refractivity contribution is 0.0607. The molecule has 2 fully saturated rings. The molecule has 0 bridgehead atoms. The second-order valence-corrected chi connectivity index (χ2v) is 12.0. The molecule has 11 heteroatoms. The van der Waals surface area contributed by atoms with Crippen LogP contribution in [0, 0.1) is 6.92 Å². The molecule has 1 unspecified atom stereocenters. The summed E-state index contributed by atoms with van der Waals surface area (Å²) >= 11 is 7.73. The standard InChI is InChI=1S/C27H36ClN7O2S/c1-17-13-35-24(29-25(17)33-14-19(15-33)30-27(2,3)16-36)12-22(31-35)23-7-5-6-10-34(23)26(37)20-11-18(28)8-9-21(20)32-38-4/h8-9,11-13,19,23,30,32,36H,5-7,10,14-16H2,1-4H3. The third-order valence-electron chi connectivity index (χ3n) is 7.32. The molecule has 0 radical (unpaired) electrons. The predicted molar refractivity (Wildman–Crippen MR) is 154 cm³/mol. The first kappa shape index (κ1) is 27.1. The van der Waals surface area contributed by atoms with Gasteiger partial charge in [-0.05, 0) is 58.2 Å². The van der Waals surface area contributed by atoms with Crippen LogP contribution in [-0.4, -0.2) is 74.6 Å².